The van der Waals surface area contributed by atoms with Gasteiger partial charge in [-0.1, -0.05) is 23.7 Å². The highest BCUT2D eigenvalue weighted by Crippen LogP contribution is 2.43. The molecule has 0 radical (unpaired) electrons. The number of carbonyl (C=O) groups excluding carboxylic acids is 1. The molecule has 61 heavy (non-hydrogen) atoms. The highest BCUT2D eigenvalue weighted by atomic mass is 35.5. The lowest BCUT2D eigenvalue weighted by Crippen LogP contribution is -2.49. The highest BCUT2D eigenvalue weighted by Gasteiger charge is 2.38. The lowest BCUT2D eigenvalue weighted by Gasteiger charge is -2.44. The number of ether oxygens (including phenoxy) is 2. The molecule has 1 unspecified atom stereocenters. The molecule has 1 amide bonds. The molecule has 8 rings (SSSR count). The molecular weight excluding hydrogens is 822 g/mol. The number of fused-ring (bicyclic) bond motifs is 1. The molecule has 4 heterocycles. The first-order chi connectivity index (χ1) is 29.3. The first kappa shape index (κ1) is 42.4. The molecule has 15 nitrogen and oxygen atoms in total. The minimum atomic E-state index is -4.56. The van der Waals surface area contributed by atoms with Crippen LogP contribution in [-0.4, -0.2) is 97.3 Å². The zero-order valence-corrected chi connectivity index (χ0v) is 35.5. The van der Waals surface area contributed by atoms with Gasteiger partial charge in [-0.05, 0) is 111 Å². The van der Waals surface area contributed by atoms with E-state index in [1.54, 1.807) is 24.4 Å². The number of sulfonamides is 1. The number of H-pyrrole nitrogens is 1. The van der Waals surface area contributed by atoms with Gasteiger partial charge in [0.25, 0.3) is 21.6 Å². The Morgan fingerprint density at radius 1 is 1.05 bits per heavy atom. The second kappa shape index (κ2) is 18.0. The second-order valence-corrected chi connectivity index (χ2v) is 18.7. The number of anilines is 2. The molecule has 1 aliphatic carbocycles. The van der Waals surface area contributed by atoms with Gasteiger partial charge in [-0.2, -0.15) is 0 Å². The van der Waals surface area contributed by atoms with Crippen molar-refractivity contribution in [3.8, 4) is 11.5 Å². The summed E-state index contributed by atoms with van der Waals surface area (Å²) in [6, 6.07) is 20.1. The van der Waals surface area contributed by atoms with Crippen LogP contribution >= 0.6 is 11.6 Å². The maximum atomic E-state index is 13.9. The Kier molecular flexibility index (Phi) is 12.5. The molecule has 1 saturated carbocycles. The number of benzene rings is 3. The predicted octanol–water partition coefficient (Wildman–Crippen LogP) is 7.33. The summed E-state index contributed by atoms with van der Waals surface area (Å²) in [5, 5.41) is 27.6. The van der Waals surface area contributed by atoms with Gasteiger partial charge in [0.15, 0.2) is 0 Å². The van der Waals surface area contributed by atoms with Crippen LogP contribution < -0.4 is 19.7 Å². The topological polar surface area (TPSA) is 192 Å². The van der Waals surface area contributed by atoms with Gasteiger partial charge in [0.2, 0.25) is 0 Å². The lowest BCUT2D eigenvalue weighted by atomic mass is 9.69. The van der Waals surface area contributed by atoms with E-state index in [2.05, 4.69) is 41.9 Å². The Bertz CT molecular complexity index is 2490. The van der Waals surface area contributed by atoms with Gasteiger partial charge >= 0.3 is 0 Å². The van der Waals surface area contributed by atoms with Crippen molar-refractivity contribution in [2.24, 2.45) is 11.8 Å². The van der Waals surface area contributed by atoms with Crippen LogP contribution in [-0.2, 0) is 14.8 Å². The third-order valence-electron chi connectivity index (χ3n) is 12.2. The molecule has 2 aromatic heterocycles. The number of carbonyl (C=O) groups is 1. The monoisotopic (exact) mass is 871 g/mol. The summed E-state index contributed by atoms with van der Waals surface area (Å²) in [6.45, 7) is 7.52. The van der Waals surface area contributed by atoms with E-state index in [9.17, 15) is 28.4 Å². The van der Waals surface area contributed by atoms with Gasteiger partial charge < -0.3 is 29.8 Å². The Balaban J connectivity index is 0.987. The number of hydrogen-bond acceptors (Lipinski definition) is 12. The molecule has 322 valence electrons. The third kappa shape index (κ3) is 10.1. The van der Waals surface area contributed by atoms with Gasteiger partial charge in [0.05, 0.1) is 27.2 Å². The molecule has 0 bridgehead atoms. The zero-order chi connectivity index (χ0) is 42.7. The number of rotatable bonds is 13. The lowest BCUT2D eigenvalue weighted by molar-refractivity contribution is -0.384. The molecule has 3 atom stereocenters. The van der Waals surface area contributed by atoms with E-state index in [4.69, 9.17) is 21.1 Å². The normalized spacial score (nSPS) is 21.6. The molecule has 2 aliphatic heterocycles. The fourth-order valence-electron chi connectivity index (χ4n) is 8.78. The van der Waals surface area contributed by atoms with E-state index in [0.717, 1.165) is 62.5 Å². The van der Waals surface area contributed by atoms with Crippen LogP contribution in [0.15, 0.2) is 90.1 Å². The molecule has 4 N–H and O–H groups in total. The van der Waals surface area contributed by atoms with Crippen molar-refractivity contribution in [1.82, 2.24) is 19.6 Å². The first-order valence-electron chi connectivity index (χ1n) is 20.7. The number of pyridine rings is 1. The molecule has 5 aromatic rings. The van der Waals surface area contributed by atoms with Crippen LogP contribution in [0.3, 0.4) is 0 Å². The Morgan fingerprint density at radius 3 is 2.57 bits per heavy atom. The van der Waals surface area contributed by atoms with Gasteiger partial charge in [0.1, 0.15) is 22.8 Å². The van der Waals surface area contributed by atoms with Crippen LogP contribution in [0.4, 0.5) is 17.1 Å². The largest absolute Gasteiger partial charge is 0.455 e. The summed E-state index contributed by atoms with van der Waals surface area (Å²) in [7, 11) is -4.56. The second-order valence-electron chi connectivity index (χ2n) is 16.6. The van der Waals surface area contributed by atoms with Crippen molar-refractivity contribution in [1.29, 1.82) is 0 Å². The summed E-state index contributed by atoms with van der Waals surface area (Å²) in [5.41, 5.74) is 1.63. The average molecular weight is 872 g/mol. The van der Waals surface area contributed by atoms with E-state index in [1.807, 2.05) is 25.1 Å². The van der Waals surface area contributed by atoms with Gasteiger partial charge in [-0.15, -0.1) is 0 Å². The fraction of sp³-hybridized carbons (Fsp3) is 0.409. The summed E-state index contributed by atoms with van der Waals surface area (Å²) in [5.74, 6) is 0.337. The van der Waals surface area contributed by atoms with Crippen molar-refractivity contribution in [2.45, 2.75) is 55.4 Å². The van der Waals surface area contributed by atoms with Crippen molar-refractivity contribution < 1.29 is 32.7 Å². The fourth-order valence-corrected chi connectivity index (χ4v) is 9.89. The summed E-state index contributed by atoms with van der Waals surface area (Å²) in [6.07, 6.45) is 7.26. The van der Waals surface area contributed by atoms with Gasteiger partial charge in [0, 0.05) is 86.9 Å². The molecule has 3 aliphatic rings. The van der Waals surface area contributed by atoms with Crippen molar-refractivity contribution in [2.75, 3.05) is 62.7 Å². The van der Waals surface area contributed by atoms with Crippen LogP contribution in [0.25, 0.3) is 11.0 Å². The minimum absolute atomic E-state index is 0.0502. The van der Waals surface area contributed by atoms with Gasteiger partial charge in [-0.3, -0.25) is 19.8 Å². The van der Waals surface area contributed by atoms with Crippen LogP contribution in [0.5, 0.6) is 11.5 Å². The Morgan fingerprint density at radius 2 is 1.82 bits per heavy atom. The standard InChI is InChI=1S/C44H50ClN7O8S/c1-44(54)14-10-32(38(25-44)30-2-4-33(45)5-3-30)28-50-16-18-51(19-17-50)34-6-8-37(41(23-34)60-35-22-31-11-15-46-42(31)48-27-35)43(53)49-61(57,58)36-7-9-39(40(24-36)52(55)56)47-26-29-12-20-59-21-13-29/h2-9,11,15,22-24,27,29,32,38,47,54H,10,12-14,16-21,25-26,28H2,1H3,(H,46,48)(H,49,53)/t32-,38-,44?/m1/s1. The summed E-state index contributed by atoms with van der Waals surface area (Å²) >= 11 is 6.21. The molecule has 0 spiro atoms. The van der Waals surface area contributed by atoms with Crippen LogP contribution in [0.2, 0.25) is 5.02 Å². The Hall–Kier alpha value is -5.26. The van der Waals surface area contributed by atoms with E-state index >= 15 is 0 Å². The maximum absolute atomic E-state index is 13.9. The molecule has 2 saturated heterocycles. The molecular formula is C44H50ClN7O8S. The van der Waals surface area contributed by atoms with Crippen LogP contribution in [0.1, 0.15) is 60.9 Å². The molecule has 3 aromatic carbocycles. The number of halogens is 1. The van der Waals surface area contributed by atoms with Gasteiger partial charge in [-0.25, -0.2) is 18.1 Å². The highest BCUT2D eigenvalue weighted by molar-refractivity contribution is 7.90. The minimum Gasteiger partial charge on any atom is -0.455 e. The zero-order valence-electron chi connectivity index (χ0n) is 33.9. The quantitative estimate of drug-likeness (QED) is 0.0682. The van der Waals surface area contributed by atoms with Crippen LogP contribution in [0, 0.1) is 22.0 Å². The number of nitrogens with one attached hydrogen (secondary N) is 3. The van der Waals surface area contributed by atoms with E-state index in [1.165, 1.54) is 30.0 Å². The average Bonchev–Trinajstić information content (AvgIpc) is 3.72. The number of hydrogen-bond donors (Lipinski definition) is 4. The number of piperazine rings is 1. The number of aromatic nitrogens is 2. The predicted molar refractivity (Wildman–Crippen MR) is 233 cm³/mol. The van der Waals surface area contributed by atoms with E-state index in [-0.39, 0.29) is 28.8 Å². The first-order valence-corrected chi connectivity index (χ1v) is 22.5. The smallest absolute Gasteiger partial charge is 0.293 e. The van der Waals surface area contributed by atoms with Crippen molar-refractivity contribution in [3.63, 3.8) is 0 Å². The maximum Gasteiger partial charge on any atom is 0.293 e. The number of nitrogens with zero attached hydrogens (tertiary/aromatic N) is 4. The van der Waals surface area contributed by atoms with E-state index < -0.39 is 37.0 Å². The summed E-state index contributed by atoms with van der Waals surface area (Å²) < 4.78 is 41.1. The summed E-state index contributed by atoms with van der Waals surface area (Å²) in [4.78, 5) is 37.0. The number of nitro benzene ring substituents is 1. The number of nitro groups is 1. The Labute approximate surface area is 359 Å². The molecule has 17 heteroatoms. The van der Waals surface area contributed by atoms with Crippen molar-refractivity contribution >= 4 is 55.6 Å². The molecule has 3 fully saturated rings. The number of aromatic amines is 1. The SMILES string of the molecule is CC1(O)CC[C@H](CN2CCN(c3ccc(C(=O)NS(=O)(=O)c4ccc(NCC5CCOCC5)c([N+](=O)[O-])c4)c(Oc4cnc5[nH]ccc5c4)c3)CC2)[C@@H](c2ccc(Cl)cc2)C1. The number of aliphatic hydroxyl groups is 1. The number of amides is 1. The third-order valence-corrected chi connectivity index (χ3v) is 13.8. The van der Waals surface area contributed by atoms with Crippen molar-refractivity contribution in [3.05, 3.63) is 111 Å². The van der Waals surface area contributed by atoms with E-state index in [0.29, 0.717) is 61.6 Å².